The molecule has 1 saturated heterocycles. The number of carbonyl (C=O) groups excluding carboxylic acids is 2. The number of fused-ring (bicyclic) bond motifs is 1. The van der Waals surface area contributed by atoms with E-state index in [-0.39, 0.29) is 29.5 Å². The van der Waals surface area contributed by atoms with Gasteiger partial charge in [0, 0.05) is 36.0 Å². The van der Waals surface area contributed by atoms with Gasteiger partial charge in [0.25, 0.3) is 0 Å². The maximum absolute atomic E-state index is 13.2. The minimum Gasteiger partial charge on any atom is -0.459 e. The summed E-state index contributed by atoms with van der Waals surface area (Å²) in [5, 5.41) is 30.8. The second-order valence-electron chi connectivity index (χ2n) is 10.6. The van der Waals surface area contributed by atoms with E-state index in [4.69, 9.17) is 14.9 Å². The van der Waals surface area contributed by atoms with Gasteiger partial charge in [-0.15, -0.1) is 0 Å². The first-order valence-corrected chi connectivity index (χ1v) is 11.4. The number of carbonyl (C=O) groups is 2. The highest BCUT2D eigenvalue weighted by Crippen LogP contribution is 2.69. The molecule has 0 radical (unpaired) electrons. The molecule has 2 fully saturated rings. The molecule has 0 spiro atoms. The van der Waals surface area contributed by atoms with Crippen molar-refractivity contribution in [3.63, 3.8) is 0 Å². The summed E-state index contributed by atoms with van der Waals surface area (Å²) in [4.78, 5) is 26.0. The monoisotopic (exact) mass is 439 g/mol. The predicted octanol–water partition coefficient (Wildman–Crippen LogP) is 3.00. The number of methoxy groups -OCH3 is 1. The number of ether oxygens (including phenoxy) is 2. The number of rotatable bonds is 2. The van der Waals surface area contributed by atoms with Crippen LogP contribution in [0.5, 0.6) is 0 Å². The molecule has 2 rings (SSSR count). The van der Waals surface area contributed by atoms with E-state index in [1.54, 1.807) is 21.0 Å². The first kappa shape index (κ1) is 25.9. The second-order valence-corrected chi connectivity index (χ2v) is 10.6. The Morgan fingerprint density at radius 3 is 2.16 bits per heavy atom. The molecule has 0 bridgehead atoms. The first-order valence-electron chi connectivity index (χ1n) is 11.4. The van der Waals surface area contributed by atoms with E-state index in [2.05, 4.69) is 13.8 Å². The first-order chi connectivity index (χ1) is 14.1. The number of aliphatic hydroxyl groups is 2. The highest BCUT2D eigenvalue weighted by atomic mass is 16.6. The molecule has 0 aromatic rings. The Labute approximate surface area is 186 Å². The average Bonchev–Trinajstić information content (AvgIpc) is 3.21. The zero-order chi connectivity index (χ0) is 24.1. The van der Waals surface area contributed by atoms with E-state index < -0.39 is 47.1 Å². The highest BCUT2D eigenvalue weighted by molar-refractivity contribution is 6.00. The molecular weight excluding hydrogens is 398 g/mol. The molecule has 1 saturated carbocycles. The second kappa shape index (κ2) is 8.56. The van der Waals surface area contributed by atoms with Crippen LogP contribution in [0.15, 0.2) is 0 Å². The zero-order valence-corrected chi connectivity index (χ0v) is 20.5. The summed E-state index contributed by atoms with van der Waals surface area (Å²) in [6.07, 6.45) is -1.52. The van der Waals surface area contributed by atoms with Crippen molar-refractivity contribution in [2.45, 2.75) is 91.6 Å². The quantitative estimate of drug-likeness (QED) is 0.450. The number of Topliss-reactive ketones (excluding diaryl/α,β-unsaturated/α-hetero) is 1. The summed E-state index contributed by atoms with van der Waals surface area (Å²) >= 11 is 0. The Kier molecular flexibility index (Phi) is 7.17. The fraction of sp³-hybridized carbons (Fsp3) is 0.875. The average molecular weight is 440 g/mol. The van der Waals surface area contributed by atoms with E-state index in [0.717, 1.165) is 0 Å². The fourth-order valence-electron chi connectivity index (χ4n) is 6.16. The van der Waals surface area contributed by atoms with Gasteiger partial charge in [0.2, 0.25) is 0 Å². The smallest absolute Gasteiger partial charge is 0.316 e. The molecule has 178 valence electrons. The largest absolute Gasteiger partial charge is 0.459 e. The van der Waals surface area contributed by atoms with E-state index in [9.17, 15) is 19.8 Å². The molecule has 0 amide bonds. The molecule has 0 unspecified atom stereocenters. The van der Waals surface area contributed by atoms with Crippen molar-refractivity contribution in [3.8, 4) is 0 Å². The van der Waals surface area contributed by atoms with Gasteiger partial charge >= 0.3 is 5.97 Å². The number of cyclic esters (lactones) is 1. The predicted molar refractivity (Wildman–Crippen MR) is 118 cm³/mol. The van der Waals surface area contributed by atoms with Crippen LogP contribution in [0.4, 0.5) is 0 Å². The van der Waals surface area contributed by atoms with Gasteiger partial charge in [-0.1, -0.05) is 41.5 Å². The summed E-state index contributed by atoms with van der Waals surface area (Å²) in [7, 11) is 1.63. The van der Waals surface area contributed by atoms with Crippen molar-refractivity contribution in [1.29, 1.82) is 5.41 Å². The lowest BCUT2D eigenvalue weighted by Crippen LogP contribution is -2.56. The van der Waals surface area contributed by atoms with Crippen LogP contribution in [0.1, 0.15) is 68.2 Å². The van der Waals surface area contributed by atoms with Crippen LogP contribution in [0, 0.1) is 40.4 Å². The Bertz CT molecular complexity index is 732. The minimum atomic E-state index is -1.77. The van der Waals surface area contributed by atoms with Crippen molar-refractivity contribution in [2.75, 3.05) is 7.11 Å². The SMILES string of the molecule is CC[C@H]1OC(=O)[C@H](C)C(=O)[C@H](C)[C@H]2C(C)(C)[C@@]2(OC)C[C@@H](C)C(=N)[C@H](C)[C@@H](O)[C@]1(C)O. The minimum absolute atomic E-state index is 0.101. The van der Waals surface area contributed by atoms with Crippen molar-refractivity contribution in [1.82, 2.24) is 0 Å². The number of nitrogens with one attached hydrogen (secondary N) is 1. The van der Waals surface area contributed by atoms with Gasteiger partial charge in [0.1, 0.15) is 23.4 Å². The van der Waals surface area contributed by atoms with Gasteiger partial charge in [-0.25, -0.2) is 0 Å². The van der Waals surface area contributed by atoms with Crippen LogP contribution in [0.25, 0.3) is 0 Å². The molecule has 2 aliphatic rings. The van der Waals surface area contributed by atoms with E-state index in [1.165, 1.54) is 13.8 Å². The lowest BCUT2D eigenvalue weighted by molar-refractivity contribution is -0.186. The van der Waals surface area contributed by atoms with Gasteiger partial charge in [0.15, 0.2) is 0 Å². The lowest BCUT2D eigenvalue weighted by Gasteiger charge is -2.40. The summed E-state index contributed by atoms with van der Waals surface area (Å²) < 4.78 is 11.5. The molecule has 1 aliphatic heterocycles. The number of hydrogen-bond acceptors (Lipinski definition) is 7. The molecule has 31 heavy (non-hydrogen) atoms. The van der Waals surface area contributed by atoms with E-state index in [0.29, 0.717) is 12.1 Å². The molecule has 9 atom stereocenters. The van der Waals surface area contributed by atoms with Crippen molar-refractivity contribution in [2.24, 2.45) is 35.0 Å². The van der Waals surface area contributed by atoms with Crippen LogP contribution >= 0.6 is 0 Å². The standard InChI is InChI=1S/C24H41NO6/c1-10-16-23(8,29)20(27)13(3)17(25)12(2)11-24(30-9)19(22(24,6)7)14(4)18(26)15(5)21(28)31-16/h12-16,19-20,25,27,29H,10-11H2,1-9H3/t12-,13+,14+,15-,16-,19+,20-,23-,24-/m1/s1. The number of hydrogen-bond donors (Lipinski definition) is 3. The summed E-state index contributed by atoms with van der Waals surface area (Å²) in [6.45, 7) is 14.3. The highest BCUT2D eigenvalue weighted by Gasteiger charge is 2.74. The Morgan fingerprint density at radius 1 is 1.13 bits per heavy atom. The van der Waals surface area contributed by atoms with Gasteiger partial charge in [-0.3, -0.25) is 9.59 Å². The number of aliphatic hydroxyl groups excluding tert-OH is 1. The van der Waals surface area contributed by atoms with Gasteiger partial charge in [0.05, 0.1) is 11.7 Å². The summed E-state index contributed by atoms with van der Waals surface area (Å²) in [5.41, 5.74) is -2.39. The lowest BCUT2D eigenvalue weighted by atomic mass is 9.77. The fourth-order valence-corrected chi connectivity index (χ4v) is 6.16. The topological polar surface area (TPSA) is 117 Å². The normalized spacial score (nSPS) is 46.7. The van der Waals surface area contributed by atoms with Gasteiger partial charge < -0.3 is 25.1 Å². The molecule has 0 aromatic carbocycles. The summed E-state index contributed by atoms with van der Waals surface area (Å²) in [6, 6.07) is 0. The third kappa shape index (κ3) is 3.98. The van der Waals surface area contributed by atoms with Gasteiger partial charge in [-0.2, -0.15) is 0 Å². The Hall–Kier alpha value is -1.31. The maximum Gasteiger partial charge on any atom is 0.316 e. The van der Waals surface area contributed by atoms with Crippen LogP contribution in [0.2, 0.25) is 0 Å². The van der Waals surface area contributed by atoms with Crippen molar-refractivity contribution in [3.05, 3.63) is 0 Å². The van der Waals surface area contributed by atoms with Gasteiger partial charge in [-0.05, 0) is 32.6 Å². The molecule has 0 aromatic heterocycles. The number of esters is 1. The third-order valence-corrected chi connectivity index (χ3v) is 8.36. The van der Waals surface area contributed by atoms with Crippen LogP contribution in [0.3, 0.4) is 0 Å². The van der Waals surface area contributed by atoms with Crippen LogP contribution < -0.4 is 0 Å². The third-order valence-electron chi connectivity index (χ3n) is 8.36. The van der Waals surface area contributed by atoms with E-state index >= 15 is 0 Å². The Morgan fingerprint density at radius 2 is 1.68 bits per heavy atom. The van der Waals surface area contributed by atoms with Crippen molar-refractivity contribution < 1.29 is 29.3 Å². The molecule has 1 aliphatic carbocycles. The molecule has 7 nitrogen and oxygen atoms in total. The van der Waals surface area contributed by atoms with Crippen LogP contribution in [-0.4, -0.2) is 58.2 Å². The van der Waals surface area contributed by atoms with Crippen LogP contribution in [-0.2, 0) is 19.1 Å². The molecular formula is C24H41NO6. The molecule has 3 N–H and O–H groups in total. The van der Waals surface area contributed by atoms with E-state index in [1.807, 2.05) is 13.8 Å². The Balaban J connectivity index is 2.54. The number of ketones is 1. The zero-order valence-electron chi connectivity index (χ0n) is 20.5. The maximum atomic E-state index is 13.2. The van der Waals surface area contributed by atoms with Crippen molar-refractivity contribution >= 4 is 17.5 Å². The summed E-state index contributed by atoms with van der Waals surface area (Å²) in [5.74, 6) is -3.31. The molecule has 7 heteroatoms. The molecule has 1 heterocycles.